The molecule has 34 heavy (non-hydrogen) atoms. The lowest BCUT2D eigenvalue weighted by molar-refractivity contribution is -0.123. The molecule has 6 rings (SSSR count). The molecule has 2 aromatic heterocycles. The smallest absolute Gasteiger partial charge is 0.170 e. The Kier molecular flexibility index (Phi) is 4.36. The van der Waals surface area contributed by atoms with Gasteiger partial charge in [-0.2, -0.15) is 0 Å². The van der Waals surface area contributed by atoms with Gasteiger partial charge in [0.05, 0.1) is 22.5 Å². The van der Waals surface area contributed by atoms with Crippen molar-refractivity contribution in [3.8, 4) is 0 Å². The first-order valence-electron chi connectivity index (χ1n) is 11.4. The van der Waals surface area contributed by atoms with Gasteiger partial charge in [-0.15, -0.1) is 0 Å². The second kappa shape index (κ2) is 7.22. The number of nitrogens with one attached hydrogen (secondary N) is 2. The predicted octanol–water partition coefficient (Wildman–Crippen LogP) is 2.54. The van der Waals surface area contributed by atoms with Crippen molar-refractivity contribution >= 4 is 29.4 Å². The summed E-state index contributed by atoms with van der Waals surface area (Å²) >= 11 is 0. The van der Waals surface area contributed by atoms with Crippen LogP contribution in [0.15, 0.2) is 88.3 Å². The number of ketones is 1. The summed E-state index contributed by atoms with van der Waals surface area (Å²) in [6.45, 7) is 5.92. The van der Waals surface area contributed by atoms with Crippen molar-refractivity contribution in [3.05, 3.63) is 100 Å². The van der Waals surface area contributed by atoms with E-state index in [2.05, 4.69) is 38.5 Å². The fourth-order valence-electron chi connectivity index (χ4n) is 4.95. The van der Waals surface area contributed by atoms with Crippen molar-refractivity contribution in [2.45, 2.75) is 32.4 Å². The Balaban J connectivity index is 1.62. The molecule has 0 amide bonds. The van der Waals surface area contributed by atoms with E-state index in [9.17, 15) is 4.79 Å². The highest BCUT2D eigenvalue weighted by Gasteiger charge is 2.46. The second-order valence-electron chi connectivity index (χ2n) is 9.62. The summed E-state index contributed by atoms with van der Waals surface area (Å²) < 4.78 is 0. The third-order valence-corrected chi connectivity index (χ3v) is 6.87. The highest BCUT2D eigenvalue weighted by atomic mass is 16.1. The van der Waals surface area contributed by atoms with Gasteiger partial charge in [-0.1, -0.05) is 6.07 Å². The first-order chi connectivity index (χ1) is 16.3. The zero-order valence-corrected chi connectivity index (χ0v) is 19.3. The molecule has 2 unspecified atom stereocenters. The molecular formula is C28H25N5O. The van der Waals surface area contributed by atoms with Gasteiger partial charge in [0.15, 0.2) is 5.78 Å². The Morgan fingerprint density at radius 2 is 1.79 bits per heavy atom. The van der Waals surface area contributed by atoms with Crippen LogP contribution in [0.4, 0.5) is 0 Å². The molecule has 0 aliphatic carbocycles. The van der Waals surface area contributed by atoms with Gasteiger partial charge < -0.3 is 10.3 Å². The van der Waals surface area contributed by atoms with Gasteiger partial charge in [-0.25, -0.2) is 4.99 Å². The number of allylic oxidation sites excluding steroid dienone is 4. The van der Waals surface area contributed by atoms with Crippen molar-refractivity contribution in [1.29, 1.82) is 0 Å². The number of hydrogen-bond acceptors (Lipinski definition) is 5. The van der Waals surface area contributed by atoms with Crippen LogP contribution in [0.3, 0.4) is 0 Å². The van der Waals surface area contributed by atoms with E-state index in [1.54, 1.807) is 6.20 Å². The molecule has 2 N–H and O–H groups in total. The van der Waals surface area contributed by atoms with Crippen LogP contribution >= 0.6 is 0 Å². The summed E-state index contributed by atoms with van der Waals surface area (Å²) in [5.74, 6) is 0.112. The summed E-state index contributed by atoms with van der Waals surface area (Å²) in [5, 5.41) is 5.39. The minimum absolute atomic E-state index is 0.112. The molecular weight excluding hydrogens is 422 g/mol. The van der Waals surface area contributed by atoms with Gasteiger partial charge in [0.1, 0.15) is 11.6 Å². The number of rotatable bonds is 1. The number of H-pyrrole nitrogens is 1. The zero-order chi connectivity index (χ0) is 23.5. The molecule has 1 saturated heterocycles. The summed E-state index contributed by atoms with van der Waals surface area (Å²) in [5.41, 5.74) is 3.76. The van der Waals surface area contributed by atoms with Crippen molar-refractivity contribution in [2.75, 3.05) is 0 Å². The van der Waals surface area contributed by atoms with Crippen LogP contribution in [-0.2, 0) is 10.3 Å². The van der Waals surface area contributed by atoms with Crippen LogP contribution in [0, 0.1) is 12.3 Å². The average Bonchev–Trinajstić information content (AvgIpc) is 3.56. The molecule has 0 radical (unpaired) electrons. The van der Waals surface area contributed by atoms with Crippen LogP contribution in [0.25, 0.3) is 12.2 Å². The molecule has 0 aromatic carbocycles. The lowest BCUT2D eigenvalue weighted by Crippen LogP contribution is -2.27. The Hall–Kier alpha value is -4.06. The van der Waals surface area contributed by atoms with E-state index in [1.807, 2.05) is 75.4 Å². The van der Waals surface area contributed by atoms with Crippen molar-refractivity contribution in [2.24, 2.45) is 15.4 Å². The van der Waals surface area contributed by atoms with Gasteiger partial charge >= 0.3 is 0 Å². The highest BCUT2D eigenvalue weighted by Crippen LogP contribution is 2.41. The van der Waals surface area contributed by atoms with E-state index in [4.69, 9.17) is 4.99 Å². The largest absolute Gasteiger partial charge is 0.375 e. The van der Waals surface area contributed by atoms with Gasteiger partial charge in [0, 0.05) is 33.8 Å². The summed E-state index contributed by atoms with van der Waals surface area (Å²) in [4.78, 5) is 31.2. The number of Topliss-reactive ketones (excluding diaryl/α,β-unsaturated/α-hetero) is 1. The second-order valence-corrected chi connectivity index (χ2v) is 9.62. The van der Waals surface area contributed by atoms with Crippen molar-refractivity contribution in [3.63, 3.8) is 0 Å². The lowest BCUT2D eigenvalue weighted by Gasteiger charge is -2.26. The summed E-state index contributed by atoms with van der Waals surface area (Å²) in [7, 11) is 0. The Bertz CT molecular complexity index is 1540. The average molecular weight is 448 g/mol. The molecule has 6 nitrogen and oxygen atoms in total. The minimum Gasteiger partial charge on any atom is -0.375 e. The number of aliphatic imine (C=N–C) groups is 2. The van der Waals surface area contributed by atoms with E-state index in [-0.39, 0.29) is 5.78 Å². The number of aromatic amines is 1. The Morgan fingerprint density at radius 1 is 1.00 bits per heavy atom. The molecule has 0 saturated carbocycles. The Morgan fingerprint density at radius 3 is 2.59 bits per heavy atom. The number of carbonyl (C=O) groups excluding carboxylic acids is 1. The number of pyridine rings is 1. The van der Waals surface area contributed by atoms with E-state index < -0.39 is 17.0 Å². The number of fused-ring (bicyclic) bond motifs is 6. The van der Waals surface area contributed by atoms with Crippen molar-refractivity contribution in [1.82, 2.24) is 15.3 Å². The number of nitrogens with zero attached hydrogens (tertiary/aromatic N) is 3. The van der Waals surface area contributed by atoms with Gasteiger partial charge in [-0.05, 0) is 87.6 Å². The van der Waals surface area contributed by atoms with Crippen LogP contribution in [0.1, 0.15) is 25.1 Å². The highest BCUT2D eigenvalue weighted by molar-refractivity contribution is 6.20. The molecule has 4 aliphatic heterocycles. The molecule has 6 heteroatoms. The molecule has 1 fully saturated rings. The van der Waals surface area contributed by atoms with Gasteiger partial charge in [-0.3, -0.25) is 14.8 Å². The molecule has 168 valence electrons. The summed E-state index contributed by atoms with van der Waals surface area (Å²) in [6, 6.07) is 7.59. The Labute approximate surface area is 197 Å². The van der Waals surface area contributed by atoms with Crippen LogP contribution in [-0.4, -0.2) is 33.2 Å². The SMILES string of the molecule is Cc1ncccc1C12C=CC(=N1)C=c1ccc([nH]1)=CC1=NC(=CC3NC(=C2)C(C)(C)C3=O)C=C1. The third kappa shape index (κ3) is 3.25. The first-order valence-corrected chi connectivity index (χ1v) is 11.4. The molecule has 8 bridgehead atoms. The fourth-order valence-corrected chi connectivity index (χ4v) is 4.95. The lowest BCUT2D eigenvalue weighted by atomic mass is 9.81. The molecule has 2 aromatic rings. The van der Waals surface area contributed by atoms with Crippen LogP contribution in [0.2, 0.25) is 0 Å². The zero-order valence-electron chi connectivity index (χ0n) is 19.3. The van der Waals surface area contributed by atoms with E-state index in [1.165, 1.54) is 0 Å². The minimum atomic E-state index is -0.761. The monoisotopic (exact) mass is 447 g/mol. The number of carbonyl (C=O) groups is 1. The third-order valence-electron chi connectivity index (χ3n) is 6.87. The molecule has 4 aliphatic rings. The standard InChI is InChI=1S/C28H25N5O/c1-17-23(5-4-12-29-17)28-11-10-22(33-28)14-20-7-6-18(30-20)13-19-8-9-21(31-19)15-24-26(34)27(2,3)25(16-28)32-24/h4-16,24,30,32H,1-3H3. The first kappa shape index (κ1) is 20.5. The maximum atomic E-state index is 13.4. The number of aromatic nitrogens is 2. The molecule has 0 spiro atoms. The maximum Gasteiger partial charge on any atom is 0.170 e. The van der Waals surface area contributed by atoms with Gasteiger partial charge in [0.25, 0.3) is 0 Å². The molecule has 2 atom stereocenters. The fraction of sp³-hybridized carbons (Fsp3) is 0.214. The topological polar surface area (TPSA) is 82.5 Å². The van der Waals surface area contributed by atoms with E-state index in [0.717, 1.165) is 44.8 Å². The van der Waals surface area contributed by atoms with Gasteiger partial charge in [0.2, 0.25) is 0 Å². The van der Waals surface area contributed by atoms with Crippen LogP contribution in [0.5, 0.6) is 0 Å². The quantitative estimate of drug-likeness (QED) is 0.705. The van der Waals surface area contributed by atoms with E-state index in [0.29, 0.717) is 0 Å². The normalized spacial score (nSPS) is 26.2. The predicted molar refractivity (Wildman–Crippen MR) is 135 cm³/mol. The maximum absolute atomic E-state index is 13.4. The number of hydrogen-bond donors (Lipinski definition) is 2. The van der Waals surface area contributed by atoms with E-state index >= 15 is 0 Å². The van der Waals surface area contributed by atoms with Crippen LogP contribution < -0.4 is 16.0 Å². The molecule has 6 heterocycles. The van der Waals surface area contributed by atoms with Crippen molar-refractivity contribution < 1.29 is 4.79 Å². The summed E-state index contributed by atoms with van der Waals surface area (Å²) in [6.07, 6.45) is 17.8. The number of aryl methyl sites for hydroxylation is 1.